The summed E-state index contributed by atoms with van der Waals surface area (Å²) in [6.45, 7) is 3.21. The van der Waals surface area contributed by atoms with Crippen molar-refractivity contribution in [2.75, 3.05) is 11.4 Å². The maximum atomic E-state index is 13.6. The zero-order valence-corrected chi connectivity index (χ0v) is 22.4. The monoisotopic (exact) mass is 584 g/mol. The van der Waals surface area contributed by atoms with Gasteiger partial charge >= 0.3 is 18.4 Å². The molecule has 8 nitrogen and oxygen atoms in total. The first-order valence-electron chi connectivity index (χ1n) is 13.1. The van der Waals surface area contributed by atoms with Crippen LogP contribution in [0.4, 0.5) is 36.8 Å². The number of anilines is 1. The zero-order valence-electron chi connectivity index (χ0n) is 22.4. The molecular formula is C27H30F6N6O2. The highest BCUT2D eigenvalue weighted by molar-refractivity contribution is 5.91. The molecule has 14 heteroatoms. The number of ether oxygens (including phenoxy) is 1. The van der Waals surface area contributed by atoms with Crippen LogP contribution in [-0.2, 0) is 36.5 Å². The summed E-state index contributed by atoms with van der Waals surface area (Å²) < 4.78 is 87.0. The van der Waals surface area contributed by atoms with Crippen molar-refractivity contribution in [3.63, 3.8) is 0 Å². The highest BCUT2D eigenvalue weighted by Crippen LogP contribution is 2.44. The first-order chi connectivity index (χ1) is 19.2. The first kappa shape index (κ1) is 30.1. The number of fused-ring (bicyclic) bond motifs is 3. The van der Waals surface area contributed by atoms with Crippen molar-refractivity contribution in [3.8, 4) is 0 Å². The Morgan fingerprint density at radius 2 is 1.76 bits per heavy atom. The van der Waals surface area contributed by atoms with Gasteiger partial charge in [-0.15, -0.1) is 10.2 Å². The molecule has 0 unspecified atom stereocenters. The van der Waals surface area contributed by atoms with Crippen LogP contribution in [0.3, 0.4) is 0 Å². The predicted octanol–water partition coefficient (Wildman–Crippen LogP) is 7.16. The van der Waals surface area contributed by atoms with Crippen molar-refractivity contribution in [2.45, 2.75) is 77.0 Å². The fourth-order valence-corrected chi connectivity index (χ4v) is 5.53. The molecule has 0 aromatic heterocycles. The lowest BCUT2D eigenvalue weighted by Gasteiger charge is -2.34. The largest absolute Gasteiger partial charge is 0.446 e. The van der Waals surface area contributed by atoms with Gasteiger partial charge in [-0.25, -0.2) is 10.3 Å². The second kappa shape index (κ2) is 11.6. The Bertz CT molecular complexity index is 1310. The van der Waals surface area contributed by atoms with Gasteiger partial charge < -0.3 is 15.5 Å². The van der Waals surface area contributed by atoms with Gasteiger partial charge in [0.15, 0.2) is 0 Å². The van der Waals surface area contributed by atoms with E-state index in [0.29, 0.717) is 42.6 Å². The number of rotatable bonds is 4. The highest BCUT2D eigenvalue weighted by Gasteiger charge is 2.39. The van der Waals surface area contributed by atoms with Crippen molar-refractivity contribution in [3.05, 3.63) is 63.7 Å². The van der Waals surface area contributed by atoms with Gasteiger partial charge in [0.1, 0.15) is 0 Å². The fourth-order valence-electron chi connectivity index (χ4n) is 5.53. The molecule has 0 saturated heterocycles. The number of alkyl halides is 6. The van der Waals surface area contributed by atoms with Gasteiger partial charge in [0.2, 0.25) is 0 Å². The smallest absolute Gasteiger partial charge is 0.416 e. The van der Waals surface area contributed by atoms with E-state index in [9.17, 15) is 31.1 Å². The number of nitrogens with one attached hydrogen (secondary N) is 1. The molecule has 2 aromatic carbocycles. The number of carbonyl (C=O) groups is 1. The summed E-state index contributed by atoms with van der Waals surface area (Å²) in [7, 11) is 0. The molecule has 1 atom stereocenters. The van der Waals surface area contributed by atoms with E-state index in [1.165, 1.54) is 4.90 Å². The molecule has 4 rings (SSSR count). The molecule has 0 saturated carbocycles. The van der Waals surface area contributed by atoms with E-state index in [-0.39, 0.29) is 30.2 Å². The number of halogens is 6. The molecule has 2 aromatic rings. The minimum absolute atomic E-state index is 0.0586. The minimum Gasteiger partial charge on any atom is -0.446 e. The number of carbonyl (C=O) groups excluding carboxylic acids is 1. The summed E-state index contributed by atoms with van der Waals surface area (Å²) in [6.07, 6.45) is -7.95. The van der Waals surface area contributed by atoms with Crippen LogP contribution in [0.1, 0.15) is 72.5 Å². The van der Waals surface area contributed by atoms with Crippen LogP contribution < -0.4 is 10.7 Å². The van der Waals surface area contributed by atoms with E-state index in [0.717, 1.165) is 24.0 Å². The molecule has 1 heterocycles. The summed E-state index contributed by atoms with van der Waals surface area (Å²) in [4.78, 5) is 16.0. The van der Waals surface area contributed by atoms with Crippen molar-refractivity contribution in [1.29, 1.82) is 5.53 Å². The maximum Gasteiger partial charge on any atom is 0.416 e. The normalized spacial score (nSPS) is 17.6. The van der Waals surface area contributed by atoms with Gasteiger partial charge in [-0.05, 0) is 86.4 Å². The van der Waals surface area contributed by atoms with Gasteiger partial charge in [-0.1, -0.05) is 12.1 Å². The van der Waals surface area contributed by atoms with Crippen LogP contribution >= 0.6 is 0 Å². The Morgan fingerprint density at radius 1 is 1.10 bits per heavy atom. The number of nitrogens with two attached hydrogens (primary N) is 1. The second-order valence-corrected chi connectivity index (χ2v) is 10.3. The summed E-state index contributed by atoms with van der Waals surface area (Å²) >= 11 is 0. The third kappa shape index (κ3) is 6.41. The van der Waals surface area contributed by atoms with Crippen LogP contribution in [0, 0.1) is 5.53 Å². The molecule has 1 aliphatic heterocycles. The Labute approximate surface area is 232 Å². The molecular weight excluding hydrogens is 554 g/mol. The van der Waals surface area contributed by atoms with E-state index in [4.69, 9.17) is 16.1 Å². The molecule has 0 radical (unpaired) electrons. The van der Waals surface area contributed by atoms with Crippen LogP contribution in [0.25, 0.3) is 0 Å². The zero-order chi connectivity index (χ0) is 30.1. The predicted molar refractivity (Wildman–Crippen MR) is 138 cm³/mol. The van der Waals surface area contributed by atoms with E-state index < -0.39 is 42.2 Å². The molecule has 0 fully saturated rings. The number of guanidine groups is 1. The SMILES string of the molecule is CC(C)OC(=O)N1CCC[C@H](N(Cc2cc(C(F)(F)F)cc(C(F)(F)F)c2)C(N=N)=NN)c2ccc3c(c21)CCC3. The molecule has 0 spiro atoms. The number of hydrazone groups is 1. The van der Waals surface area contributed by atoms with E-state index in [1.54, 1.807) is 24.8 Å². The Balaban J connectivity index is 1.86. The summed E-state index contributed by atoms with van der Waals surface area (Å²) in [5.74, 6) is 5.13. The quantitative estimate of drug-likeness (QED) is 0.0993. The average Bonchev–Trinajstić information content (AvgIpc) is 3.28. The summed E-state index contributed by atoms with van der Waals surface area (Å²) in [5, 5.41) is 6.87. The standard InChI is InChI=1S/C27H30F6N6O2/c1-15(2)41-25(40)38-10-4-7-22(21-9-8-17-5-3-6-20(17)23(21)38)39(24(36-34)37-35)14-16-11-18(26(28,29)30)13-19(12-16)27(31,32)33/h8-9,11-13,15,22,34H,3-7,10,14,35H2,1-2H3/t22-/m0/s1. The average molecular weight is 585 g/mol. The molecule has 3 N–H and O–H groups in total. The van der Waals surface area contributed by atoms with Crippen LogP contribution in [0.5, 0.6) is 0 Å². The van der Waals surface area contributed by atoms with E-state index in [2.05, 4.69) is 10.2 Å². The third-order valence-electron chi connectivity index (χ3n) is 7.18. The van der Waals surface area contributed by atoms with Crippen LogP contribution in [0.15, 0.2) is 40.5 Å². The molecule has 222 valence electrons. The molecule has 1 aliphatic carbocycles. The Hall–Kier alpha value is -3.84. The number of hydrogen-bond acceptors (Lipinski definition) is 5. The van der Waals surface area contributed by atoms with Crippen LogP contribution in [0.2, 0.25) is 0 Å². The lowest BCUT2D eigenvalue weighted by Crippen LogP contribution is -2.36. The number of hydrogen-bond donors (Lipinski definition) is 2. The Morgan fingerprint density at radius 3 is 2.32 bits per heavy atom. The molecule has 2 aliphatic rings. The van der Waals surface area contributed by atoms with Crippen LogP contribution in [-0.4, -0.2) is 29.6 Å². The third-order valence-corrected chi connectivity index (χ3v) is 7.18. The van der Waals surface area contributed by atoms with Gasteiger partial charge in [0.25, 0.3) is 5.96 Å². The molecule has 0 bridgehead atoms. The topological polar surface area (TPSA) is 107 Å². The van der Waals surface area contributed by atoms with Gasteiger partial charge in [-0.3, -0.25) is 4.90 Å². The number of aryl methyl sites for hydroxylation is 1. The van der Waals surface area contributed by atoms with Crippen molar-refractivity contribution >= 4 is 17.7 Å². The number of amides is 1. The Kier molecular flexibility index (Phi) is 8.50. The number of benzene rings is 2. The van der Waals surface area contributed by atoms with Crippen molar-refractivity contribution in [2.24, 2.45) is 16.1 Å². The lowest BCUT2D eigenvalue weighted by molar-refractivity contribution is -0.143. The maximum absolute atomic E-state index is 13.6. The molecule has 41 heavy (non-hydrogen) atoms. The van der Waals surface area contributed by atoms with Gasteiger partial charge in [0.05, 0.1) is 29.0 Å². The van der Waals surface area contributed by atoms with Crippen molar-refractivity contribution in [1.82, 2.24) is 4.90 Å². The van der Waals surface area contributed by atoms with Gasteiger partial charge in [0, 0.05) is 13.1 Å². The van der Waals surface area contributed by atoms with E-state index in [1.807, 2.05) is 6.07 Å². The first-order valence-corrected chi connectivity index (χ1v) is 13.1. The minimum atomic E-state index is -5.03. The van der Waals surface area contributed by atoms with Gasteiger partial charge in [-0.2, -0.15) is 26.3 Å². The molecule has 1 amide bonds. The van der Waals surface area contributed by atoms with E-state index >= 15 is 0 Å². The van der Waals surface area contributed by atoms with Crippen molar-refractivity contribution < 1.29 is 35.9 Å². The lowest BCUT2D eigenvalue weighted by atomic mass is 9.94. The number of nitrogens with zero attached hydrogens (tertiary/aromatic N) is 4. The summed E-state index contributed by atoms with van der Waals surface area (Å²) in [5.41, 5.74) is 7.56. The fraction of sp³-hybridized carbons (Fsp3) is 0.481. The summed E-state index contributed by atoms with van der Waals surface area (Å²) in [6, 6.07) is 4.30. The second-order valence-electron chi connectivity index (χ2n) is 10.3. The highest BCUT2D eigenvalue weighted by atomic mass is 19.4.